The molecule has 3 rings (SSSR count). The Morgan fingerprint density at radius 1 is 1.06 bits per heavy atom. The van der Waals surface area contributed by atoms with Crippen LogP contribution in [0.3, 0.4) is 0 Å². The molecule has 1 amide bonds. The van der Waals surface area contributed by atoms with Crippen LogP contribution in [0, 0.1) is 6.92 Å². The molecule has 0 bridgehead atoms. The second-order valence-corrected chi connectivity index (χ2v) is 8.56. The van der Waals surface area contributed by atoms with Crippen molar-refractivity contribution in [1.29, 1.82) is 0 Å². The second-order valence-electron chi connectivity index (χ2n) is 8.56. The topological polar surface area (TPSA) is 104 Å². The van der Waals surface area contributed by atoms with E-state index in [-0.39, 0.29) is 5.75 Å². The molecule has 0 unspecified atom stereocenters. The number of carbonyl (C=O) groups is 2. The lowest BCUT2D eigenvalue weighted by Crippen LogP contribution is -2.43. The van der Waals surface area contributed by atoms with E-state index in [0.29, 0.717) is 27.8 Å². The molecule has 174 valence electrons. The number of benzene rings is 2. The van der Waals surface area contributed by atoms with Crippen LogP contribution in [0.15, 0.2) is 51.7 Å². The van der Waals surface area contributed by atoms with Crippen molar-refractivity contribution < 1.29 is 28.2 Å². The summed E-state index contributed by atoms with van der Waals surface area (Å²) in [5.41, 5.74) is 1.07. The summed E-state index contributed by atoms with van der Waals surface area (Å²) < 4.78 is 21.3. The highest BCUT2D eigenvalue weighted by Gasteiger charge is 2.23. The molecule has 0 aliphatic rings. The number of alkyl carbamates (subject to hydrolysis) is 1. The molecule has 0 fully saturated rings. The van der Waals surface area contributed by atoms with Crippen molar-refractivity contribution in [2.24, 2.45) is 0 Å². The zero-order chi connectivity index (χ0) is 24.3. The van der Waals surface area contributed by atoms with Gasteiger partial charge in [0, 0.05) is 17.0 Å². The number of amides is 1. The van der Waals surface area contributed by atoms with Crippen molar-refractivity contribution in [2.45, 2.75) is 46.3 Å². The first-order valence-electron chi connectivity index (χ1n) is 10.4. The lowest BCUT2D eigenvalue weighted by atomic mass is 10.00. The van der Waals surface area contributed by atoms with Crippen molar-refractivity contribution in [2.75, 3.05) is 7.11 Å². The van der Waals surface area contributed by atoms with Crippen LogP contribution < -0.4 is 20.4 Å². The monoisotopic (exact) mass is 453 g/mol. The fraction of sp³-hybridized carbons (Fsp3) is 0.320. The number of fused-ring (bicyclic) bond motifs is 1. The van der Waals surface area contributed by atoms with Crippen molar-refractivity contribution in [3.8, 4) is 22.6 Å². The van der Waals surface area contributed by atoms with Gasteiger partial charge in [-0.1, -0.05) is 12.1 Å². The summed E-state index contributed by atoms with van der Waals surface area (Å²) in [5, 5.41) is 3.13. The molecule has 0 radical (unpaired) electrons. The molecule has 0 aliphatic heterocycles. The van der Waals surface area contributed by atoms with E-state index in [4.69, 9.17) is 18.6 Å². The minimum Gasteiger partial charge on any atom is -0.497 e. The number of aryl methyl sites for hydroxylation is 1. The van der Waals surface area contributed by atoms with Gasteiger partial charge >= 0.3 is 17.7 Å². The molecule has 1 atom stereocenters. The summed E-state index contributed by atoms with van der Waals surface area (Å²) in [6, 6.07) is 11.1. The molecule has 33 heavy (non-hydrogen) atoms. The largest absolute Gasteiger partial charge is 0.497 e. The summed E-state index contributed by atoms with van der Waals surface area (Å²) in [4.78, 5) is 36.7. The van der Waals surface area contributed by atoms with Gasteiger partial charge in [-0.3, -0.25) is 0 Å². The summed E-state index contributed by atoms with van der Waals surface area (Å²) in [6.45, 7) is 8.36. The van der Waals surface area contributed by atoms with Gasteiger partial charge in [-0.05, 0) is 70.0 Å². The van der Waals surface area contributed by atoms with E-state index in [0.717, 1.165) is 5.56 Å². The molecule has 1 N–H and O–H groups in total. The highest BCUT2D eigenvalue weighted by Crippen LogP contribution is 2.33. The van der Waals surface area contributed by atoms with E-state index in [2.05, 4.69) is 5.32 Å². The summed E-state index contributed by atoms with van der Waals surface area (Å²) in [5.74, 6) is 0.239. The molecule has 0 spiro atoms. The lowest BCUT2D eigenvalue weighted by molar-refractivity contribution is -0.136. The third-order valence-electron chi connectivity index (χ3n) is 4.81. The fourth-order valence-corrected chi connectivity index (χ4v) is 3.20. The van der Waals surface area contributed by atoms with E-state index < -0.39 is 29.3 Å². The van der Waals surface area contributed by atoms with Gasteiger partial charge in [-0.15, -0.1) is 0 Å². The first-order chi connectivity index (χ1) is 15.5. The number of ether oxygens (including phenoxy) is 3. The molecular formula is C25H27NO7. The maximum absolute atomic E-state index is 12.5. The van der Waals surface area contributed by atoms with E-state index in [1.807, 2.05) is 12.1 Å². The Balaban J connectivity index is 1.88. The average molecular weight is 453 g/mol. The van der Waals surface area contributed by atoms with Crippen LogP contribution in [-0.4, -0.2) is 30.8 Å². The van der Waals surface area contributed by atoms with Gasteiger partial charge in [0.25, 0.3) is 0 Å². The number of nitrogens with one attached hydrogen (secondary N) is 1. The Labute approximate surface area is 191 Å². The molecule has 0 aliphatic carbocycles. The summed E-state index contributed by atoms with van der Waals surface area (Å²) in [6.07, 6.45) is -0.725. The number of carbonyl (C=O) groups excluding carboxylic acids is 2. The Hall–Kier alpha value is -3.81. The number of hydrogen-bond acceptors (Lipinski definition) is 7. The molecule has 2 aromatic carbocycles. The van der Waals surface area contributed by atoms with Gasteiger partial charge in [0.05, 0.1) is 7.11 Å². The van der Waals surface area contributed by atoms with Crippen molar-refractivity contribution in [3.05, 3.63) is 58.4 Å². The number of rotatable bonds is 5. The molecule has 8 heteroatoms. The standard InChI is InChI=1S/C25H27NO7/c1-14-20(31-23(28)15(2)26-24(29)33-25(3,4)5)12-11-18-19(13-21(27)32-22(14)18)16-7-9-17(30-6)10-8-16/h7-13,15H,1-6H3,(H,26,29)/t15-/m0/s1. The Kier molecular flexibility index (Phi) is 6.76. The van der Waals surface area contributed by atoms with Gasteiger partial charge in [-0.25, -0.2) is 14.4 Å². The van der Waals surface area contributed by atoms with Crippen LogP contribution in [0.5, 0.6) is 11.5 Å². The quantitative estimate of drug-likeness (QED) is 0.342. The van der Waals surface area contributed by atoms with Gasteiger partial charge in [-0.2, -0.15) is 0 Å². The van der Waals surface area contributed by atoms with Crippen LogP contribution in [0.2, 0.25) is 0 Å². The van der Waals surface area contributed by atoms with Crippen LogP contribution in [0.1, 0.15) is 33.3 Å². The highest BCUT2D eigenvalue weighted by molar-refractivity contribution is 5.96. The van der Waals surface area contributed by atoms with Gasteiger partial charge in [0.2, 0.25) is 0 Å². The van der Waals surface area contributed by atoms with Crippen LogP contribution >= 0.6 is 0 Å². The Morgan fingerprint density at radius 3 is 2.33 bits per heavy atom. The molecule has 3 aromatic rings. The van der Waals surface area contributed by atoms with Crippen LogP contribution in [0.25, 0.3) is 22.1 Å². The normalized spacial score (nSPS) is 12.2. The number of methoxy groups -OCH3 is 1. The first-order valence-corrected chi connectivity index (χ1v) is 10.4. The number of esters is 1. The molecule has 1 heterocycles. The highest BCUT2D eigenvalue weighted by atomic mass is 16.6. The third kappa shape index (κ3) is 5.71. The van der Waals surface area contributed by atoms with Crippen LogP contribution in [-0.2, 0) is 9.53 Å². The fourth-order valence-electron chi connectivity index (χ4n) is 3.20. The molecule has 8 nitrogen and oxygen atoms in total. The summed E-state index contributed by atoms with van der Waals surface area (Å²) in [7, 11) is 1.58. The summed E-state index contributed by atoms with van der Waals surface area (Å²) >= 11 is 0. The number of hydrogen-bond donors (Lipinski definition) is 1. The Morgan fingerprint density at radius 2 is 1.73 bits per heavy atom. The lowest BCUT2D eigenvalue weighted by Gasteiger charge is -2.21. The minimum absolute atomic E-state index is 0.223. The third-order valence-corrected chi connectivity index (χ3v) is 4.81. The zero-order valence-electron chi connectivity index (χ0n) is 19.5. The smallest absolute Gasteiger partial charge is 0.408 e. The van der Waals surface area contributed by atoms with Gasteiger partial charge in [0.1, 0.15) is 28.7 Å². The van der Waals surface area contributed by atoms with E-state index in [1.54, 1.807) is 59.1 Å². The predicted molar refractivity (Wildman–Crippen MR) is 124 cm³/mol. The maximum Gasteiger partial charge on any atom is 0.408 e. The van der Waals surface area contributed by atoms with Crippen molar-refractivity contribution in [1.82, 2.24) is 5.32 Å². The maximum atomic E-state index is 12.5. The van der Waals surface area contributed by atoms with E-state index in [9.17, 15) is 14.4 Å². The van der Waals surface area contributed by atoms with E-state index >= 15 is 0 Å². The molecule has 0 saturated heterocycles. The predicted octanol–water partition coefficient (Wildman–Crippen LogP) is 4.60. The second kappa shape index (κ2) is 9.36. The first kappa shape index (κ1) is 23.8. The zero-order valence-corrected chi connectivity index (χ0v) is 19.5. The Bertz CT molecular complexity index is 1240. The molecule has 0 saturated carbocycles. The minimum atomic E-state index is -0.951. The van der Waals surface area contributed by atoms with Crippen molar-refractivity contribution >= 4 is 23.0 Å². The van der Waals surface area contributed by atoms with Gasteiger partial charge in [0.15, 0.2) is 0 Å². The molecular weight excluding hydrogens is 426 g/mol. The molecule has 1 aromatic heterocycles. The SMILES string of the molecule is COc1ccc(-c2cc(=O)oc3c(C)c(OC(=O)[C@H](C)NC(=O)OC(C)(C)C)ccc23)cc1. The average Bonchev–Trinajstić information content (AvgIpc) is 2.74. The van der Waals surface area contributed by atoms with Crippen LogP contribution in [0.4, 0.5) is 4.79 Å². The van der Waals surface area contributed by atoms with E-state index in [1.165, 1.54) is 13.0 Å². The van der Waals surface area contributed by atoms with Gasteiger partial charge < -0.3 is 23.9 Å². The van der Waals surface area contributed by atoms with Crippen molar-refractivity contribution in [3.63, 3.8) is 0 Å².